The molecule has 1 fully saturated rings. The van der Waals surface area contributed by atoms with Gasteiger partial charge in [-0.2, -0.15) is 0 Å². The number of rotatable bonds is 1. The van der Waals surface area contributed by atoms with Gasteiger partial charge in [0, 0.05) is 0 Å². The molecule has 3 aliphatic carbocycles. The fraction of sp³-hybridized carbons (Fsp3) is 0.529. The Labute approximate surface area is 150 Å². The Kier molecular flexibility index (Phi) is 7.03. The van der Waals surface area contributed by atoms with Crippen LogP contribution in [0.5, 0.6) is 0 Å². The van der Waals surface area contributed by atoms with Crippen LogP contribution in [0.25, 0.3) is 0 Å². The number of hydrogen-bond acceptors (Lipinski definition) is 0. The predicted octanol–water partition coefficient (Wildman–Crippen LogP) is 5.39. The minimum absolute atomic E-state index is 0. The molecular formula is C17H23Cl2Zr. The molecule has 0 bridgehead atoms. The third-order valence-electron chi connectivity index (χ3n) is 4.90. The fourth-order valence-electron chi connectivity index (χ4n) is 3.96. The molecule has 0 amide bonds. The topological polar surface area (TPSA) is 0 Å². The van der Waals surface area contributed by atoms with Crippen molar-refractivity contribution >= 4 is 24.8 Å². The van der Waals surface area contributed by atoms with Crippen molar-refractivity contribution in [2.24, 2.45) is 23.7 Å². The molecule has 109 valence electrons. The van der Waals surface area contributed by atoms with Crippen molar-refractivity contribution in [2.45, 2.75) is 33.1 Å². The van der Waals surface area contributed by atoms with Crippen LogP contribution in [-0.4, -0.2) is 0 Å². The van der Waals surface area contributed by atoms with Gasteiger partial charge in [0.05, 0.1) is 0 Å². The summed E-state index contributed by atoms with van der Waals surface area (Å²) in [5, 5.41) is 0. The van der Waals surface area contributed by atoms with Gasteiger partial charge in [0.15, 0.2) is 0 Å². The van der Waals surface area contributed by atoms with Crippen LogP contribution in [0.15, 0.2) is 44.8 Å². The third-order valence-corrected chi connectivity index (χ3v) is 6.12. The maximum absolute atomic E-state index is 2.46. The Bertz CT molecular complexity index is 473. The van der Waals surface area contributed by atoms with Gasteiger partial charge in [-0.15, -0.1) is 24.8 Å². The van der Waals surface area contributed by atoms with Gasteiger partial charge in [0.1, 0.15) is 0 Å². The van der Waals surface area contributed by atoms with Crippen molar-refractivity contribution in [2.75, 3.05) is 0 Å². The fourth-order valence-corrected chi connectivity index (χ4v) is 4.83. The summed E-state index contributed by atoms with van der Waals surface area (Å²) < 4.78 is 1.68. The van der Waals surface area contributed by atoms with Crippen molar-refractivity contribution in [3.8, 4) is 0 Å². The summed E-state index contributed by atoms with van der Waals surface area (Å²) in [4.78, 5) is 0. The van der Waals surface area contributed by atoms with Crippen molar-refractivity contribution in [3.05, 3.63) is 44.8 Å². The summed E-state index contributed by atoms with van der Waals surface area (Å²) in [7, 11) is 0. The van der Waals surface area contributed by atoms with Gasteiger partial charge in [-0.25, -0.2) is 0 Å². The van der Waals surface area contributed by atoms with Crippen LogP contribution in [0.3, 0.4) is 0 Å². The van der Waals surface area contributed by atoms with E-state index in [1.165, 1.54) is 19.3 Å². The van der Waals surface area contributed by atoms with E-state index < -0.39 is 0 Å². The maximum atomic E-state index is 2.46. The Hall–Kier alpha value is 0.423. The summed E-state index contributed by atoms with van der Waals surface area (Å²) >= 11 is 1.61. The van der Waals surface area contributed by atoms with Crippen molar-refractivity contribution in [1.82, 2.24) is 0 Å². The summed E-state index contributed by atoms with van der Waals surface area (Å²) in [5.74, 6) is 3.18. The minimum Gasteiger partial charge on any atom is -0.147 e. The van der Waals surface area contributed by atoms with Gasteiger partial charge in [-0.05, 0) is 0 Å². The summed E-state index contributed by atoms with van der Waals surface area (Å²) in [5.41, 5.74) is 3.39. The van der Waals surface area contributed by atoms with E-state index in [0.717, 1.165) is 17.8 Å². The first-order valence-electron chi connectivity index (χ1n) is 7.16. The van der Waals surface area contributed by atoms with Crippen LogP contribution in [0.1, 0.15) is 33.1 Å². The average molecular weight is 390 g/mol. The Balaban J connectivity index is 0.000001000. The number of allylic oxidation sites excluding steroid dienone is 8. The van der Waals surface area contributed by atoms with Gasteiger partial charge in [0.25, 0.3) is 0 Å². The molecule has 1 saturated carbocycles. The molecule has 0 aromatic carbocycles. The summed E-state index contributed by atoms with van der Waals surface area (Å²) in [6.07, 6.45) is 15.7. The zero-order valence-corrected chi connectivity index (χ0v) is 16.2. The van der Waals surface area contributed by atoms with E-state index in [2.05, 4.69) is 44.2 Å². The first-order chi connectivity index (χ1) is 8.68. The van der Waals surface area contributed by atoms with Crippen LogP contribution in [0.4, 0.5) is 0 Å². The van der Waals surface area contributed by atoms with Crippen LogP contribution >= 0.6 is 24.8 Å². The minimum atomic E-state index is 0. The second kappa shape index (κ2) is 7.61. The van der Waals surface area contributed by atoms with Gasteiger partial charge in [0.2, 0.25) is 0 Å². The molecule has 0 saturated heterocycles. The van der Waals surface area contributed by atoms with Crippen LogP contribution < -0.4 is 0 Å². The number of fused-ring (bicyclic) bond motifs is 1. The zero-order valence-electron chi connectivity index (χ0n) is 12.1. The molecule has 3 heteroatoms. The van der Waals surface area contributed by atoms with E-state index in [1.54, 1.807) is 39.1 Å². The maximum Gasteiger partial charge on any atom is -0.147 e. The molecule has 0 aromatic rings. The van der Waals surface area contributed by atoms with E-state index in [9.17, 15) is 0 Å². The summed E-state index contributed by atoms with van der Waals surface area (Å²) in [6.45, 7) is 4.89. The van der Waals surface area contributed by atoms with E-state index >= 15 is 0 Å². The largest absolute Gasteiger partial charge is 0.147 e. The van der Waals surface area contributed by atoms with Crippen molar-refractivity contribution < 1.29 is 24.7 Å². The Morgan fingerprint density at radius 2 is 1.85 bits per heavy atom. The molecule has 0 nitrogen and oxygen atoms in total. The zero-order chi connectivity index (χ0) is 12.7. The van der Waals surface area contributed by atoms with Crippen molar-refractivity contribution in [1.29, 1.82) is 0 Å². The molecule has 3 aliphatic rings. The van der Waals surface area contributed by atoms with Crippen LogP contribution in [0.2, 0.25) is 0 Å². The summed E-state index contributed by atoms with van der Waals surface area (Å²) in [6, 6.07) is 0. The standard InChI is InChI=1S/C17H21.2ClH.Zr/c1-12-7-3-6-10-15-16(12)11-13(2)17(15)14-8-4-5-9-14;;;/h3-4,6,8,10,12-13,16-17H,5,7,11H2,1-2H3;2*1H;. The van der Waals surface area contributed by atoms with Gasteiger partial charge in [-0.3, -0.25) is 0 Å². The molecule has 0 spiro atoms. The van der Waals surface area contributed by atoms with Crippen molar-refractivity contribution in [3.63, 3.8) is 0 Å². The first kappa shape index (κ1) is 18.5. The predicted molar refractivity (Wildman–Crippen MR) is 87.0 cm³/mol. The normalized spacial score (nSPS) is 35.0. The Morgan fingerprint density at radius 1 is 1.10 bits per heavy atom. The second-order valence-corrected chi connectivity index (χ2v) is 7.63. The van der Waals surface area contributed by atoms with Gasteiger partial charge >= 0.3 is 126 Å². The molecule has 3 rings (SSSR count). The molecule has 4 atom stereocenters. The van der Waals surface area contributed by atoms with E-state index in [1.807, 2.05) is 0 Å². The molecule has 4 unspecified atom stereocenters. The molecule has 0 radical (unpaired) electrons. The second-order valence-electron chi connectivity index (χ2n) is 6.15. The number of hydrogen-bond donors (Lipinski definition) is 0. The molecule has 0 aliphatic heterocycles. The van der Waals surface area contributed by atoms with E-state index in [0.29, 0.717) is 5.92 Å². The van der Waals surface area contributed by atoms with Crippen LogP contribution in [0, 0.1) is 23.7 Å². The monoisotopic (exact) mass is 387 g/mol. The average Bonchev–Trinajstić information content (AvgIpc) is 2.83. The smallest absolute Gasteiger partial charge is 0.147 e. The Morgan fingerprint density at radius 3 is 2.50 bits per heavy atom. The third kappa shape index (κ3) is 3.26. The number of halogens is 2. The molecule has 0 heterocycles. The quantitative estimate of drug-likeness (QED) is 0.564. The van der Waals surface area contributed by atoms with Crippen LogP contribution in [-0.2, 0) is 24.7 Å². The van der Waals surface area contributed by atoms with E-state index in [4.69, 9.17) is 0 Å². The SMILES string of the molecule is CC1CC=CC=C2C1CC(C)C2C1=[C]([Zr])CC=C1.Cl.Cl. The van der Waals surface area contributed by atoms with E-state index in [-0.39, 0.29) is 24.8 Å². The molecule has 20 heavy (non-hydrogen) atoms. The molecule has 0 aromatic heterocycles. The van der Waals surface area contributed by atoms with Gasteiger partial charge < -0.3 is 0 Å². The first-order valence-corrected chi connectivity index (χ1v) is 8.39. The molecular weight excluding hydrogens is 366 g/mol. The van der Waals surface area contributed by atoms with Gasteiger partial charge in [-0.1, -0.05) is 0 Å². The molecule has 0 N–H and O–H groups in total.